The second-order valence-corrected chi connectivity index (χ2v) is 10.8. The highest BCUT2D eigenvalue weighted by atomic mass is 35.5. The van der Waals surface area contributed by atoms with Crippen molar-refractivity contribution in [2.75, 3.05) is 5.32 Å². The van der Waals surface area contributed by atoms with Gasteiger partial charge in [0.2, 0.25) is 0 Å². The Morgan fingerprint density at radius 3 is 1.51 bits per heavy atom. The molecule has 6 aromatic carbocycles. The number of para-hydroxylation sites is 1. The minimum Gasteiger partial charge on any atom is -0.354 e. The van der Waals surface area contributed by atoms with Gasteiger partial charge < -0.3 is 5.32 Å². The maximum atomic E-state index is 6.65. The topological polar surface area (TPSA) is 12.0 Å². The van der Waals surface area contributed by atoms with Gasteiger partial charge in [0.1, 0.15) is 0 Å². The first kappa shape index (κ1) is 25.1. The first-order chi connectivity index (χ1) is 19.2. The predicted molar refractivity (Wildman–Crippen MR) is 168 cm³/mol. The molecule has 0 aromatic heterocycles. The van der Waals surface area contributed by atoms with Crippen LogP contribution < -0.4 is 5.32 Å². The summed E-state index contributed by atoms with van der Waals surface area (Å²) in [6.45, 7) is 0. The molecule has 0 aliphatic carbocycles. The number of nitrogens with one attached hydrogen (secondary N) is 1. The third-order valence-corrected chi connectivity index (χ3v) is 7.77. The smallest absolute Gasteiger partial charge is 0.0543 e. The highest BCUT2D eigenvalue weighted by molar-refractivity contribution is 7.99. The van der Waals surface area contributed by atoms with Crippen LogP contribution in [0.15, 0.2) is 161 Å². The Kier molecular flexibility index (Phi) is 7.49. The van der Waals surface area contributed by atoms with E-state index in [0.29, 0.717) is 5.02 Å². The summed E-state index contributed by atoms with van der Waals surface area (Å²) in [5, 5.41) is 4.43. The monoisotopic (exact) mass is 539 g/mol. The van der Waals surface area contributed by atoms with Crippen LogP contribution in [0.25, 0.3) is 33.4 Å². The van der Waals surface area contributed by atoms with Gasteiger partial charge in [0, 0.05) is 31.6 Å². The van der Waals surface area contributed by atoms with Crippen molar-refractivity contribution in [3.63, 3.8) is 0 Å². The van der Waals surface area contributed by atoms with Gasteiger partial charge in [0.25, 0.3) is 0 Å². The van der Waals surface area contributed by atoms with Crippen molar-refractivity contribution in [1.29, 1.82) is 0 Å². The van der Waals surface area contributed by atoms with Crippen LogP contribution in [0.1, 0.15) is 0 Å². The van der Waals surface area contributed by atoms with E-state index in [1.54, 1.807) is 11.8 Å². The molecule has 1 nitrogen and oxygen atoms in total. The third-order valence-electron chi connectivity index (χ3n) is 6.57. The molecule has 0 radical (unpaired) electrons. The molecule has 0 aliphatic heterocycles. The van der Waals surface area contributed by atoms with Crippen LogP contribution in [0.3, 0.4) is 0 Å². The number of benzene rings is 6. The number of hydrogen-bond donors (Lipinski definition) is 1. The molecule has 0 amide bonds. The number of halogens is 1. The van der Waals surface area contributed by atoms with Gasteiger partial charge in [-0.1, -0.05) is 145 Å². The van der Waals surface area contributed by atoms with E-state index in [9.17, 15) is 0 Å². The van der Waals surface area contributed by atoms with Gasteiger partial charge in [-0.15, -0.1) is 0 Å². The molecule has 3 heteroatoms. The molecule has 188 valence electrons. The van der Waals surface area contributed by atoms with Crippen LogP contribution in [-0.2, 0) is 0 Å². The third kappa shape index (κ3) is 5.93. The Bertz CT molecular complexity index is 1620. The fourth-order valence-electron chi connectivity index (χ4n) is 4.72. The zero-order valence-corrected chi connectivity index (χ0v) is 22.8. The van der Waals surface area contributed by atoms with Gasteiger partial charge in [-0.05, 0) is 52.6 Å². The fraction of sp³-hybridized carbons (Fsp3) is 0. The molecule has 0 fully saturated rings. The average molecular weight is 540 g/mol. The summed E-state index contributed by atoms with van der Waals surface area (Å²) < 4.78 is 0. The molecule has 6 aromatic rings. The van der Waals surface area contributed by atoms with Gasteiger partial charge in [0.05, 0.1) is 5.69 Å². The zero-order valence-electron chi connectivity index (χ0n) is 21.2. The molecular weight excluding hydrogens is 514 g/mol. The van der Waals surface area contributed by atoms with Crippen LogP contribution >= 0.6 is 23.4 Å². The Morgan fingerprint density at radius 2 is 0.949 bits per heavy atom. The van der Waals surface area contributed by atoms with E-state index in [4.69, 9.17) is 11.6 Å². The van der Waals surface area contributed by atoms with Gasteiger partial charge in [-0.2, -0.15) is 0 Å². The number of rotatable bonds is 7. The lowest BCUT2D eigenvalue weighted by molar-refractivity contribution is 1.39. The van der Waals surface area contributed by atoms with E-state index < -0.39 is 0 Å². The zero-order chi connectivity index (χ0) is 26.4. The van der Waals surface area contributed by atoms with Crippen LogP contribution in [0.5, 0.6) is 0 Å². The van der Waals surface area contributed by atoms with Crippen LogP contribution in [-0.4, -0.2) is 0 Å². The van der Waals surface area contributed by atoms with Crippen molar-refractivity contribution in [3.8, 4) is 33.4 Å². The minimum atomic E-state index is 0.696. The summed E-state index contributed by atoms with van der Waals surface area (Å²) in [6.07, 6.45) is 0. The summed E-state index contributed by atoms with van der Waals surface area (Å²) in [5.74, 6) is 0. The molecule has 0 saturated heterocycles. The maximum absolute atomic E-state index is 6.65. The number of hydrogen-bond acceptors (Lipinski definition) is 2. The van der Waals surface area contributed by atoms with Crippen molar-refractivity contribution in [2.45, 2.75) is 9.79 Å². The lowest BCUT2D eigenvalue weighted by atomic mass is 9.95. The lowest BCUT2D eigenvalue weighted by Crippen LogP contribution is -1.97. The highest BCUT2D eigenvalue weighted by Crippen LogP contribution is 2.40. The molecule has 0 unspecified atom stereocenters. The van der Waals surface area contributed by atoms with Crippen molar-refractivity contribution in [1.82, 2.24) is 0 Å². The van der Waals surface area contributed by atoms with Crippen molar-refractivity contribution < 1.29 is 0 Å². The van der Waals surface area contributed by atoms with Gasteiger partial charge in [-0.3, -0.25) is 0 Å². The molecule has 0 atom stereocenters. The van der Waals surface area contributed by atoms with Crippen LogP contribution in [0, 0.1) is 0 Å². The summed E-state index contributed by atoms with van der Waals surface area (Å²) in [7, 11) is 0. The first-order valence-electron chi connectivity index (χ1n) is 12.9. The second kappa shape index (κ2) is 11.7. The van der Waals surface area contributed by atoms with E-state index in [0.717, 1.165) is 43.4 Å². The Balaban J connectivity index is 1.34. The normalized spacial score (nSPS) is 10.8. The fourth-order valence-corrected chi connectivity index (χ4v) is 5.94. The highest BCUT2D eigenvalue weighted by Gasteiger charge is 2.13. The molecular formula is C36H26ClNS. The van der Waals surface area contributed by atoms with Crippen molar-refractivity contribution in [2.24, 2.45) is 0 Å². The summed E-state index contributed by atoms with van der Waals surface area (Å²) in [4.78, 5) is 2.24. The largest absolute Gasteiger partial charge is 0.354 e. The van der Waals surface area contributed by atoms with E-state index in [-0.39, 0.29) is 0 Å². The van der Waals surface area contributed by atoms with E-state index >= 15 is 0 Å². The Hall–Kier alpha value is -4.24. The van der Waals surface area contributed by atoms with E-state index in [1.165, 1.54) is 11.1 Å². The summed E-state index contributed by atoms with van der Waals surface area (Å²) in [6, 6.07) is 52.7. The number of anilines is 2. The molecule has 0 saturated carbocycles. The van der Waals surface area contributed by atoms with Crippen LogP contribution in [0.2, 0.25) is 5.02 Å². The molecule has 0 heterocycles. The predicted octanol–water partition coefficient (Wildman–Crippen LogP) is 11.2. The lowest BCUT2D eigenvalue weighted by Gasteiger charge is -2.18. The first-order valence-corrected chi connectivity index (χ1v) is 14.1. The molecule has 39 heavy (non-hydrogen) atoms. The van der Waals surface area contributed by atoms with E-state index in [1.807, 2.05) is 30.3 Å². The molecule has 0 aliphatic rings. The second-order valence-electron chi connectivity index (χ2n) is 9.25. The van der Waals surface area contributed by atoms with Crippen LogP contribution in [0.4, 0.5) is 11.4 Å². The Labute approximate surface area is 239 Å². The van der Waals surface area contributed by atoms with Crippen molar-refractivity contribution in [3.05, 3.63) is 157 Å². The standard InChI is InChI=1S/C36H26ClNS/c37-30-23-31(25-33(24-30)39-32-21-19-27(20-22-32)26-11-4-1-5-12-26)38-36-34(28-13-6-2-7-14-28)17-10-18-35(36)29-15-8-3-9-16-29/h1-25,38H. The molecule has 0 spiro atoms. The van der Waals surface area contributed by atoms with Gasteiger partial charge in [-0.25, -0.2) is 0 Å². The SMILES string of the molecule is Clc1cc(Nc2c(-c3ccccc3)cccc2-c2ccccc2)cc(Sc2ccc(-c3ccccc3)cc2)c1. The van der Waals surface area contributed by atoms with Crippen molar-refractivity contribution >= 4 is 34.7 Å². The van der Waals surface area contributed by atoms with Gasteiger partial charge in [0.15, 0.2) is 0 Å². The van der Waals surface area contributed by atoms with Gasteiger partial charge >= 0.3 is 0 Å². The Morgan fingerprint density at radius 1 is 0.436 bits per heavy atom. The maximum Gasteiger partial charge on any atom is 0.0543 e. The molecule has 1 N–H and O–H groups in total. The summed E-state index contributed by atoms with van der Waals surface area (Å²) in [5.41, 5.74) is 9.03. The average Bonchev–Trinajstić information content (AvgIpc) is 2.99. The van der Waals surface area contributed by atoms with E-state index in [2.05, 4.69) is 127 Å². The summed E-state index contributed by atoms with van der Waals surface area (Å²) >= 11 is 8.36. The minimum absolute atomic E-state index is 0.696. The molecule has 6 rings (SSSR count). The molecule has 0 bridgehead atoms. The quantitative estimate of drug-likeness (QED) is 0.216.